The largest absolute Gasteiger partial charge is 0.329 e. The molecule has 0 aromatic carbocycles. The lowest BCUT2D eigenvalue weighted by molar-refractivity contribution is 0.183. The summed E-state index contributed by atoms with van der Waals surface area (Å²) in [6.45, 7) is 12.4. The maximum Gasteiger partial charge on any atom is 0.0235 e. The molecule has 0 spiro atoms. The smallest absolute Gasteiger partial charge is 0.0235 e. The third-order valence-corrected chi connectivity index (χ3v) is 4.20. The average molecular weight is 241 g/mol. The van der Waals surface area contributed by atoms with Gasteiger partial charge in [-0.2, -0.15) is 0 Å². The lowest BCUT2D eigenvalue weighted by Gasteiger charge is -2.29. The van der Waals surface area contributed by atoms with Gasteiger partial charge in [0.1, 0.15) is 0 Å². The summed E-state index contributed by atoms with van der Waals surface area (Å²) in [6, 6.07) is 1.39. The van der Waals surface area contributed by atoms with Gasteiger partial charge in [-0.1, -0.05) is 33.6 Å². The van der Waals surface area contributed by atoms with Crippen molar-refractivity contribution in [3.05, 3.63) is 0 Å². The minimum absolute atomic E-state index is 0.621. The molecule has 0 aromatic heterocycles. The molecule has 3 nitrogen and oxygen atoms in total. The Morgan fingerprint density at radius 1 is 1.29 bits per heavy atom. The van der Waals surface area contributed by atoms with Crippen molar-refractivity contribution in [2.45, 2.75) is 58.5 Å². The summed E-state index contributed by atoms with van der Waals surface area (Å²) in [5, 5.41) is 0. The SMILES string of the molecule is CCCCC(CN)N1CCC(N(CC)CC)C1. The van der Waals surface area contributed by atoms with Gasteiger partial charge in [0.15, 0.2) is 0 Å². The van der Waals surface area contributed by atoms with Crippen molar-refractivity contribution < 1.29 is 0 Å². The number of likely N-dealkylation sites (tertiary alicyclic amines) is 1. The highest BCUT2D eigenvalue weighted by Crippen LogP contribution is 2.19. The first-order valence-electron chi connectivity index (χ1n) is 7.44. The minimum atomic E-state index is 0.621. The van der Waals surface area contributed by atoms with Crippen molar-refractivity contribution in [2.75, 3.05) is 32.7 Å². The fraction of sp³-hybridized carbons (Fsp3) is 1.00. The molecule has 1 heterocycles. The number of rotatable bonds is 8. The van der Waals surface area contributed by atoms with Gasteiger partial charge in [0, 0.05) is 31.7 Å². The Morgan fingerprint density at radius 3 is 2.53 bits per heavy atom. The molecule has 2 N–H and O–H groups in total. The minimum Gasteiger partial charge on any atom is -0.329 e. The Labute approximate surface area is 107 Å². The monoisotopic (exact) mass is 241 g/mol. The highest BCUT2D eigenvalue weighted by Gasteiger charge is 2.29. The standard InChI is InChI=1S/C14H31N3/c1-4-7-8-13(11-15)17-10-9-14(12-17)16(5-2)6-3/h13-14H,4-12,15H2,1-3H3. The molecular weight excluding hydrogens is 210 g/mol. The van der Waals surface area contributed by atoms with Gasteiger partial charge in [-0.05, 0) is 25.9 Å². The van der Waals surface area contributed by atoms with E-state index >= 15 is 0 Å². The van der Waals surface area contributed by atoms with Crippen LogP contribution in [0.1, 0.15) is 46.5 Å². The zero-order valence-electron chi connectivity index (χ0n) is 12.0. The summed E-state index contributed by atoms with van der Waals surface area (Å²) in [5.41, 5.74) is 5.92. The van der Waals surface area contributed by atoms with Crippen LogP contribution >= 0.6 is 0 Å². The molecule has 0 amide bonds. The Hall–Kier alpha value is -0.120. The molecular formula is C14H31N3. The van der Waals surface area contributed by atoms with Crippen LogP contribution in [0.3, 0.4) is 0 Å². The zero-order chi connectivity index (χ0) is 12.7. The van der Waals surface area contributed by atoms with Gasteiger partial charge in [-0.3, -0.25) is 9.80 Å². The second-order valence-electron chi connectivity index (χ2n) is 5.19. The molecule has 0 aromatic rings. The molecule has 2 atom stereocenters. The molecule has 2 unspecified atom stereocenters. The second-order valence-corrected chi connectivity index (χ2v) is 5.19. The Morgan fingerprint density at radius 2 is 2.00 bits per heavy atom. The van der Waals surface area contributed by atoms with E-state index in [1.807, 2.05) is 0 Å². The van der Waals surface area contributed by atoms with E-state index in [2.05, 4.69) is 30.6 Å². The average Bonchev–Trinajstić information content (AvgIpc) is 2.81. The van der Waals surface area contributed by atoms with E-state index in [1.165, 1.54) is 51.9 Å². The molecule has 1 saturated heterocycles. The highest BCUT2D eigenvalue weighted by atomic mass is 15.3. The predicted molar refractivity (Wildman–Crippen MR) is 75.3 cm³/mol. The molecule has 0 aliphatic carbocycles. The number of hydrogen-bond acceptors (Lipinski definition) is 3. The van der Waals surface area contributed by atoms with E-state index in [-0.39, 0.29) is 0 Å². The van der Waals surface area contributed by atoms with Crippen molar-refractivity contribution in [1.82, 2.24) is 9.80 Å². The first-order valence-corrected chi connectivity index (χ1v) is 7.44. The van der Waals surface area contributed by atoms with Gasteiger partial charge in [0.25, 0.3) is 0 Å². The van der Waals surface area contributed by atoms with Crippen molar-refractivity contribution in [2.24, 2.45) is 5.73 Å². The van der Waals surface area contributed by atoms with Crippen LogP contribution < -0.4 is 5.73 Å². The van der Waals surface area contributed by atoms with Crippen LogP contribution in [0, 0.1) is 0 Å². The van der Waals surface area contributed by atoms with Gasteiger partial charge in [-0.15, -0.1) is 0 Å². The fourth-order valence-electron chi connectivity index (χ4n) is 3.03. The summed E-state index contributed by atoms with van der Waals surface area (Å²) in [4.78, 5) is 5.21. The van der Waals surface area contributed by atoms with Crippen molar-refractivity contribution >= 4 is 0 Å². The van der Waals surface area contributed by atoms with Crippen molar-refractivity contribution in [3.8, 4) is 0 Å². The summed E-state index contributed by atoms with van der Waals surface area (Å²) >= 11 is 0. The summed E-state index contributed by atoms with van der Waals surface area (Å²) in [7, 11) is 0. The Balaban J connectivity index is 2.41. The molecule has 17 heavy (non-hydrogen) atoms. The van der Waals surface area contributed by atoms with Crippen LogP contribution in [0.4, 0.5) is 0 Å². The first-order chi connectivity index (χ1) is 8.26. The van der Waals surface area contributed by atoms with Gasteiger partial charge < -0.3 is 5.73 Å². The normalized spacial score (nSPS) is 23.5. The third kappa shape index (κ3) is 4.23. The lowest BCUT2D eigenvalue weighted by atomic mass is 10.1. The third-order valence-electron chi connectivity index (χ3n) is 4.20. The molecule has 0 radical (unpaired) electrons. The van der Waals surface area contributed by atoms with E-state index in [4.69, 9.17) is 5.73 Å². The Kier molecular flexibility index (Phi) is 7.09. The number of nitrogens with two attached hydrogens (primary N) is 1. The molecule has 1 aliphatic heterocycles. The number of hydrogen-bond donors (Lipinski definition) is 1. The quantitative estimate of drug-likeness (QED) is 0.705. The van der Waals surface area contributed by atoms with E-state index in [9.17, 15) is 0 Å². The predicted octanol–water partition coefficient (Wildman–Crippen LogP) is 1.92. The summed E-state index contributed by atoms with van der Waals surface area (Å²) < 4.78 is 0. The van der Waals surface area contributed by atoms with Crippen LogP contribution in [-0.2, 0) is 0 Å². The maximum atomic E-state index is 5.92. The van der Waals surface area contributed by atoms with Crippen molar-refractivity contribution in [3.63, 3.8) is 0 Å². The fourth-order valence-corrected chi connectivity index (χ4v) is 3.03. The lowest BCUT2D eigenvalue weighted by Crippen LogP contribution is -2.42. The van der Waals surface area contributed by atoms with Gasteiger partial charge in [0.2, 0.25) is 0 Å². The van der Waals surface area contributed by atoms with E-state index in [0.717, 1.165) is 12.6 Å². The van der Waals surface area contributed by atoms with E-state index < -0.39 is 0 Å². The Bertz CT molecular complexity index is 192. The first kappa shape index (κ1) is 14.9. The van der Waals surface area contributed by atoms with Crippen LogP contribution in [-0.4, -0.2) is 54.6 Å². The molecule has 0 bridgehead atoms. The molecule has 0 saturated carbocycles. The number of nitrogens with zero attached hydrogens (tertiary/aromatic N) is 2. The summed E-state index contributed by atoms with van der Waals surface area (Å²) in [6.07, 6.45) is 5.19. The molecule has 1 aliphatic rings. The van der Waals surface area contributed by atoms with Crippen molar-refractivity contribution in [1.29, 1.82) is 0 Å². The molecule has 3 heteroatoms. The zero-order valence-corrected chi connectivity index (χ0v) is 12.0. The molecule has 1 rings (SSSR count). The van der Waals surface area contributed by atoms with Crippen LogP contribution in [0.15, 0.2) is 0 Å². The van der Waals surface area contributed by atoms with Crippen LogP contribution in [0.25, 0.3) is 0 Å². The summed E-state index contributed by atoms with van der Waals surface area (Å²) in [5.74, 6) is 0. The van der Waals surface area contributed by atoms with E-state index in [0.29, 0.717) is 6.04 Å². The topological polar surface area (TPSA) is 32.5 Å². The van der Waals surface area contributed by atoms with Gasteiger partial charge in [0.05, 0.1) is 0 Å². The maximum absolute atomic E-state index is 5.92. The number of unbranched alkanes of at least 4 members (excludes halogenated alkanes) is 1. The highest BCUT2D eigenvalue weighted by molar-refractivity contribution is 4.86. The van der Waals surface area contributed by atoms with Gasteiger partial charge >= 0.3 is 0 Å². The second kappa shape index (κ2) is 8.06. The molecule has 102 valence electrons. The van der Waals surface area contributed by atoms with Crippen LogP contribution in [0.5, 0.6) is 0 Å². The van der Waals surface area contributed by atoms with Gasteiger partial charge in [-0.25, -0.2) is 0 Å². The van der Waals surface area contributed by atoms with E-state index in [1.54, 1.807) is 0 Å². The molecule has 1 fully saturated rings. The van der Waals surface area contributed by atoms with Crippen LogP contribution in [0.2, 0.25) is 0 Å². The number of likely N-dealkylation sites (N-methyl/N-ethyl adjacent to an activating group) is 1.